The molecule has 2 N–H and O–H groups in total. The lowest BCUT2D eigenvalue weighted by molar-refractivity contribution is -0.137. The van der Waals surface area contributed by atoms with Crippen molar-refractivity contribution < 1.29 is 33.1 Å². The van der Waals surface area contributed by atoms with Crippen molar-refractivity contribution in [1.29, 1.82) is 0 Å². The predicted molar refractivity (Wildman–Crippen MR) is 128 cm³/mol. The minimum Gasteiger partial charge on any atom is -0.504 e. The van der Waals surface area contributed by atoms with Gasteiger partial charge in [-0.2, -0.15) is 13.2 Å². The summed E-state index contributed by atoms with van der Waals surface area (Å²) in [7, 11) is 1.51. The van der Waals surface area contributed by atoms with Gasteiger partial charge in [0.2, 0.25) is 0 Å². The van der Waals surface area contributed by atoms with Gasteiger partial charge in [-0.3, -0.25) is 0 Å². The number of phenols is 1. The second-order valence-electron chi connectivity index (χ2n) is 10.2. The molecule has 2 fully saturated rings. The zero-order valence-corrected chi connectivity index (χ0v) is 20.2. The van der Waals surface area contributed by atoms with Crippen molar-refractivity contribution in [2.75, 3.05) is 7.11 Å². The van der Waals surface area contributed by atoms with Gasteiger partial charge in [0.1, 0.15) is 6.61 Å². The third kappa shape index (κ3) is 4.08. The smallest absolute Gasteiger partial charge is 0.416 e. The Kier molecular flexibility index (Phi) is 6.12. The summed E-state index contributed by atoms with van der Waals surface area (Å²) in [5.41, 5.74) is 2.75. The van der Waals surface area contributed by atoms with Crippen LogP contribution in [0.5, 0.6) is 11.5 Å². The largest absolute Gasteiger partial charge is 0.504 e. The van der Waals surface area contributed by atoms with Crippen LogP contribution in [0.3, 0.4) is 0 Å². The Morgan fingerprint density at radius 3 is 2.69 bits per heavy atom. The van der Waals surface area contributed by atoms with Crippen molar-refractivity contribution in [1.82, 2.24) is 0 Å². The average molecular weight is 503 g/mol. The highest BCUT2D eigenvalue weighted by Gasteiger charge is 2.54. The van der Waals surface area contributed by atoms with E-state index < -0.39 is 11.7 Å². The van der Waals surface area contributed by atoms with Crippen molar-refractivity contribution in [2.24, 2.45) is 27.6 Å². The van der Waals surface area contributed by atoms with Crippen LogP contribution in [-0.4, -0.2) is 28.8 Å². The van der Waals surface area contributed by atoms with E-state index in [-0.39, 0.29) is 29.6 Å². The summed E-state index contributed by atoms with van der Waals surface area (Å²) in [6, 6.07) is 8.50. The van der Waals surface area contributed by atoms with Gasteiger partial charge in [0.25, 0.3) is 0 Å². The summed E-state index contributed by atoms with van der Waals surface area (Å²) in [4.78, 5) is 5.58. The van der Waals surface area contributed by atoms with E-state index in [2.05, 4.69) is 17.2 Å². The molecule has 0 radical (unpaired) electrons. The van der Waals surface area contributed by atoms with E-state index >= 15 is 0 Å². The lowest BCUT2D eigenvalue weighted by Crippen LogP contribution is -2.43. The number of benzene rings is 2. The molecular weight excluding hydrogens is 473 g/mol. The van der Waals surface area contributed by atoms with E-state index in [4.69, 9.17) is 9.57 Å². The number of oxime groups is 2. The molecule has 6 nitrogen and oxygen atoms in total. The van der Waals surface area contributed by atoms with Crippen LogP contribution < -0.4 is 4.74 Å². The molecule has 0 spiro atoms. The molecule has 0 aromatic heterocycles. The zero-order valence-electron chi connectivity index (χ0n) is 20.2. The summed E-state index contributed by atoms with van der Waals surface area (Å²) in [6.07, 6.45) is -0.354. The van der Waals surface area contributed by atoms with E-state index in [1.807, 2.05) is 6.07 Å². The number of ether oxygens (including phenoxy) is 1. The minimum absolute atomic E-state index is 0.00325. The van der Waals surface area contributed by atoms with Crippen molar-refractivity contribution in [3.8, 4) is 11.5 Å². The molecule has 3 aliphatic rings. The Hall–Kier alpha value is -3.23. The number of halogens is 3. The van der Waals surface area contributed by atoms with E-state index in [0.717, 1.165) is 54.7 Å². The summed E-state index contributed by atoms with van der Waals surface area (Å²) < 4.78 is 44.6. The Labute approximate surface area is 207 Å². The quantitative estimate of drug-likeness (QED) is 0.370. The summed E-state index contributed by atoms with van der Waals surface area (Å²) in [5.74, 6) is 1.13. The third-order valence-corrected chi connectivity index (χ3v) is 8.45. The van der Waals surface area contributed by atoms with Crippen molar-refractivity contribution >= 4 is 11.4 Å². The maximum absolute atomic E-state index is 13.1. The molecule has 0 unspecified atom stereocenters. The maximum atomic E-state index is 13.1. The summed E-state index contributed by atoms with van der Waals surface area (Å²) >= 11 is 0. The molecule has 36 heavy (non-hydrogen) atoms. The highest BCUT2D eigenvalue weighted by atomic mass is 19.4. The van der Waals surface area contributed by atoms with Gasteiger partial charge in [0, 0.05) is 11.0 Å². The SMILES string of the molecule is COc1cc2c(cc1O)C(=NOCc1cccc(C(F)(F)F)c1)C[C@@H]1[C@@H]2CC[C@]2(C)C(=NO)CC[C@@H]12. The summed E-state index contributed by atoms with van der Waals surface area (Å²) in [5, 5.41) is 28.1. The molecule has 192 valence electrons. The van der Waals surface area contributed by atoms with Crippen molar-refractivity contribution in [2.45, 2.75) is 57.7 Å². The number of phenolic OH excluding ortho intramolecular Hbond substituents is 1. The number of methoxy groups -OCH3 is 1. The van der Waals surface area contributed by atoms with Gasteiger partial charge in [-0.25, -0.2) is 0 Å². The number of rotatable bonds is 4. The van der Waals surface area contributed by atoms with Crippen LogP contribution in [0.15, 0.2) is 46.7 Å². The van der Waals surface area contributed by atoms with Crippen LogP contribution in [0.25, 0.3) is 0 Å². The summed E-state index contributed by atoms with van der Waals surface area (Å²) in [6.45, 7) is 2.06. The predicted octanol–water partition coefficient (Wildman–Crippen LogP) is 6.48. The van der Waals surface area contributed by atoms with Crippen LogP contribution >= 0.6 is 0 Å². The highest BCUT2D eigenvalue weighted by molar-refractivity contribution is 6.04. The fourth-order valence-corrected chi connectivity index (χ4v) is 6.66. The molecule has 3 aliphatic carbocycles. The Bertz CT molecular complexity index is 1230. The average Bonchev–Trinajstić information content (AvgIpc) is 3.20. The maximum Gasteiger partial charge on any atom is 0.416 e. The number of fused-ring (bicyclic) bond motifs is 5. The minimum atomic E-state index is -4.43. The van der Waals surface area contributed by atoms with E-state index in [0.29, 0.717) is 29.4 Å². The Morgan fingerprint density at radius 2 is 1.97 bits per heavy atom. The van der Waals surface area contributed by atoms with Crippen LogP contribution in [0.4, 0.5) is 13.2 Å². The molecule has 4 atom stereocenters. The lowest BCUT2D eigenvalue weighted by Gasteiger charge is -2.48. The highest BCUT2D eigenvalue weighted by Crippen LogP contribution is 2.60. The van der Waals surface area contributed by atoms with E-state index in [1.165, 1.54) is 13.2 Å². The third-order valence-electron chi connectivity index (χ3n) is 8.45. The molecule has 0 aliphatic heterocycles. The fourth-order valence-electron chi connectivity index (χ4n) is 6.66. The molecule has 0 heterocycles. The second-order valence-corrected chi connectivity index (χ2v) is 10.2. The van der Waals surface area contributed by atoms with Gasteiger partial charge in [0.15, 0.2) is 11.5 Å². The first-order valence-corrected chi connectivity index (χ1v) is 12.1. The molecule has 9 heteroatoms. The zero-order chi connectivity index (χ0) is 25.7. The van der Waals surface area contributed by atoms with Crippen LogP contribution in [0, 0.1) is 17.3 Å². The normalized spacial score (nSPS) is 29.5. The molecule has 0 amide bonds. The molecular formula is C27H29F3N2O4. The first kappa shape index (κ1) is 24.5. The van der Waals surface area contributed by atoms with E-state index in [9.17, 15) is 23.5 Å². The second kappa shape index (κ2) is 9.01. The number of alkyl halides is 3. The van der Waals surface area contributed by atoms with Gasteiger partial charge >= 0.3 is 6.18 Å². The molecule has 2 aromatic carbocycles. The Morgan fingerprint density at radius 1 is 1.17 bits per heavy atom. The van der Waals surface area contributed by atoms with Crippen LogP contribution in [-0.2, 0) is 17.6 Å². The van der Waals surface area contributed by atoms with Crippen molar-refractivity contribution in [3.63, 3.8) is 0 Å². The monoisotopic (exact) mass is 502 g/mol. The standard InChI is InChI=1S/C27H29F3N2O4/c1-26-9-8-17-18-13-24(35-2)23(33)12-20(18)22(11-19(17)21(26)6-7-25(26)31-34)32-36-14-15-4-3-5-16(10-15)27(28,29)30/h3-5,10,12-13,17,19,21,33-34H,6-9,11,14H2,1-2H3/t17-,19-,21+,26+/m1/s1. The van der Waals surface area contributed by atoms with Crippen molar-refractivity contribution in [3.05, 3.63) is 58.7 Å². The van der Waals surface area contributed by atoms with E-state index in [1.54, 1.807) is 12.1 Å². The topological polar surface area (TPSA) is 83.6 Å². The van der Waals surface area contributed by atoms with Gasteiger partial charge in [0.05, 0.1) is 24.1 Å². The molecule has 0 bridgehead atoms. The molecule has 2 aromatic rings. The van der Waals surface area contributed by atoms with Gasteiger partial charge < -0.3 is 19.9 Å². The fraction of sp³-hybridized carbons (Fsp3) is 0.481. The number of aromatic hydroxyl groups is 1. The van der Waals surface area contributed by atoms with Crippen LogP contribution in [0.2, 0.25) is 0 Å². The number of nitrogens with zero attached hydrogens (tertiary/aromatic N) is 2. The first-order valence-electron chi connectivity index (χ1n) is 12.1. The van der Waals surface area contributed by atoms with Gasteiger partial charge in [-0.15, -0.1) is 0 Å². The molecule has 2 saturated carbocycles. The lowest BCUT2D eigenvalue weighted by atomic mass is 9.55. The molecule has 0 saturated heterocycles. The molecule has 5 rings (SSSR count). The van der Waals surface area contributed by atoms with Gasteiger partial charge in [-0.05, 0) is 85.3 Å². The first-order chi connectivity index (χ1) is 17.2. The number of hydrogen-bond donors (Lipinski definition) is 2. The Balaban J connectivity index is 1.48. The number of hydrogen-bond acceptors (Lipinski definition) is 6. The van der Waals surface area contributed by atoms with Gasteiger partial charge in [-0.1, -0.05) is 29.4 Å². The van der Waals surface area contributed by atoms with Crippen LogP contribution in [0.1, 0.15) is 67.2 Å².